The van der Waals surface area contributed by atoms with Crippen LogP contribution < -0.4 is 10.9 Å². The first-order valence-electron chi connectivity index (χ1n) is 6.12. The molecule has 0 radical (unpaired) electrons. The van der Waals surface area contributed by atoms with Gasteiger partial charge in [-0.25, -0.2) is 14.6 Å². The van der Waals surface area contributed by atoms with E-state index in [1.54, 1.807) is 12.1 Å². The third-order valence-electron chi connectivity index (χ3n) is 2.77. The van der Waals surface area contributed by atoms with Crippen molar-refractivity contribution in [3.05, 3.63) is 65.5 Å². The van der Waals surface area contributed by atoms with Gasteiger partial charge < -0.3 is 10.2 Å². The van der Waals surface area contributed by atoms with Crippen molar-refractivity contribution in [2.45, 2.75) is 6.54 Å². The zero-order valence-corrected chi connectivity index (χ0v) is 11.0. The third kappa shape index (κ3) is 3.33. The molecule has 0 saturated heterocycles. The first kappa shape index (κ1) is 14.0. The molecule has 4 nitrogen and oxygen atoms in total. The molecule has 0 saturated carbocycles. The lowest BCUT2D eigenvalue weighted by Gasteiger charge is -2.10. The lowest BCUT2D eigenvalue weighted by atomic mass is 10.1. The molecule has 0 aliphatic carbocycles. The van der Waals surface area contributed by atoms with Gasteiger partial charge in [-0.1, -0.05) is 30.3 Å². The maximum Gasteiger partial charge on any atom is 0.340 e. The van der Waals surface area contributed by atoms with Crippen LogP contribution in [-0.4, -0.2) is 13.1 Å². The number of nitrogens with one attached hydrogen (secondary N) is 2. The molecule has 104 valence electrons. The number of hydrogen-bond acceptors (Lipinski definition) is 4. The highest BCUT2D eigenvalue weighted by Gasteiger charge is 2.14. The summed E-state index contributed by atoms with van der Waals surface area (Å²) in [5.41, 5.74) is 7.05. The van der Waals surface area contributed by atoms with Crippen LogP contribution in [0.5, 0.6) is 0 Å². The molecule has 2 aromatic carbocycles. The number of anilines is 1. The number of methoxy groups -OCH3 is 1. The van der Waals surface area contributed by atoms with Crippen LogP contribution in [0.3, 0.4) is 0 Å². The largest absolute Gasteiger partial charge is 0.465 e. The molecule has 0 aliphatic rings. The van der Waals surface area contributed by atoms with Gasteiger partial charge in [-0.05, 0) is 18.2 Å². The summed E-state index contributed by atoms with van der Waals surface area (Å²) in [6.45, 7) is 0.242. The third-order valence-corrected chi connectivity index (χ3v) is 2.77. The van der Waals surface area contributed by atoms with E-state index in [0.717, 1.165) is 5.69 Å². The Bertz CT molecular complexity index is 588. The summed E-state index contributed by atoms with van der Waals surface area (Å²) in [6, 6.07) is 14.1. The van der Waals surface area contributed by atoms with Crippen LogP contribution in [0.1, 0.15) is 15.9 Å². The molecule has 0 atom stereocenters. The first-order valence-corrected chi connectivity index (χ1v) is 6.12. The van der Waals surface area contributed by atoms with Crippen LogP contribution in [0.2, 0.25) is 0 Å². The van der Waals surface area contributed by atoms with Crippen LogP contribution in [-0.2, 0) is 11.3 Å². The predicted octanol–water partition coefficient (Wildman–Crippen LogP) is 2.73. The average molecular weight is 274 g/mol. The van der Waals surface area contributed by atoms with Gasteiger partial charge in [-0.15, -0.1) is 0 Å². The van der Waals surface area contributed by atoms with Crippen LogP contribution >= 0.6 is 0 Å². The molecule has 2 rings (SSSR count). The molecule has 0 fully saturated rings. The van der Waals surface area contributed by atoms with Gasteiger partial charge in [-0.3, -0.25) is 0 Å². The van der Waals surface area contributed by atoms with Crippen molar-refractivity contribution in [3.8, 4) is 0 Å². The van der Waals surface area contributed by atoms with Crippen LogP contribution in [0.4, 0.5) is 10.1 Å². The molecule has 2 N–H and O–H groups in total. The number of rotatable bonds is 5. The molecule has 0 aliphatic heterocycles. The highest BCUT2D eigenvalue weighted by atomic mass is 19.1. The number of esters is 1. The van der Waals surface area contributed by atoms with Gasteiger partial charge >= 0.3 is 5.97 Å². The number of halogens is 1. The standard InChI is InChI=1S/C15H15FN2O2/c1-20-15(19)13-9-5-6-11(14(13)16)10-17-18-12-7-3-2-4-8-12/h2-9,17-18H,10H2,1H3. The second kappa shape index (κ2) is 6.68. The smallest absolute Gasteiger partial charge is 0.340 e. The Morgan fingerprint density at radius 3 is 2.60 bits per heavy atom. The van der Waals surface area contributed by atoms with Crippen molar-refractivity contribution in [2.24, 2.45) is 0 Å². The lowest BCUT2D eigenvalue weighted by molar-refractivity contribution is 0.0595. The van der Waals surface area contributed by atoms with Crippen LogP contribution in [0, 0.1) is 5.82 Å². The monoisotopic (exact) mass is 274 g/mol. The van der Waals surface area contributed by atoms with Crippen LogP contribution in [0.25, 0.3) is 0 Å². The van der Waals surface area contributed by atoms with Crippen molar-refractivity contribution in [1.29, 1.82) is 0 Å². The number of benzene rings is 2. The molecule has 0 bridgehead atoms. The maximum atomic E-state index is 14.1. The van der Waals surface area contributed by atoms with Crippen molar-refractivity contribution < 1.29 is 13.9 Å². The minimum absolute atomic E-state index is 0.0634. The van der Waals surface area contributed by atoms with Crippen molar-refractivity contribution >= 4 is 11.7 Å². The Balaban J connectivity index is 2.01. The van der Waals surface area contributed by atoms with Gasteiger partial charge in [0.1, 0.15) is 5.82 Å². The highest BCUT2D eigenvalue weighted by Crippen LogP contribution is 2.14. The normalized spacial score (nSPS) is 10.1. The van der Waals surface area contributed by atoms with Gasteiger partial charge in [0.15, 0.2) is 0 Å². The minimum Gasteiger partial charge on any atom is -0.465 e. The molecule has 0 aromatic heterocycles. The fourth-order valence-corrected chi connectivity index (χ4v) is 1.75. The summed E-state index contributed by atoms with van der Waals surface area (Å²) < 4.78 is 18.6. The Morgan fingerprint density at radius 2 is 1.90 bits per heavy atom. The molecule has 0 unspecified atom stereocenters. The second-order valence-corrected chi connectivity index (χ2v) is 4.11. The Hall–Kier alpha value is -2.40. The summed E-state index contributed by atoms with van der Waals surface area (Å²) in [4.78, 5) is 11.4. The van der Waals surface area contributed by atoms with Gasteiger partial charge in [0, 0.05) is 17.8 Å². The van der Waals surface area contributed by atoms with Gasteiger partial charge in [0.25, 0.3) is 0 Å². The number of hydrogen-bond donors (Lipinski definition) is 2. The van der Waals surface area contributed by atoms with E-state index in [4.69, 9.17) is 0 Å². The molecule has 0 spiro atoms. The molecule has 0 heterocycles. The Morgan fingerprint density at radius 1 is 1.15 bits per heavy atom. The SMILES string of the molecule is COC(=O)c1cccc(CNNc2ccccc2)c1F. The number of carbonyl (C=O) groups excluding carboxylic acids is 1. The van der Waals surface area contributed by atoms with Crippen LogP contribution in [0.15, 0.2) is 48.5 Å². The van der Waals surface area contributed by atoms with E-state index < -0.39 is 11.8 Å². The zero-order valence-electron chi connectivity index (χ0n) is 11.0. The molecule has 0 amide bonds. The second-order valence-electron chi connectivity index (χ2n) is 4.11. The fourth-order valence-electron chi connectivity index (χ4n) is 1.75. The van der Waals surface area contributed by atoms with E-state index in [0.29, 0.717) is 5.56 Å². The van der Waals surface area contributed by atoms with Crippen molar-refractivity contribution in [2.75, 3.05) is 12.5 Å². The van der Waals surface area contributed by atoms with E-state index in [9.17, 15) is 9.18 Å². The Kier molecular flexibility index (Phi) is 4.68. The van der Waals surface area contributed by atoms with Gasteiger partial charge in [0.05, 0.1) is 12.7 Å². The summed E-state index contributed by atoms with van der Waals surface area (Å²) >= 11 is 0. The molecular formula is C15H15FN2O2. The predicted molar refractivity (Wildman–Crippen MR) is 74.6 cm³/mol. The maximum absolute atomic E-state index is 14.1. The molecular weight excluding hydrogens is 259 g/mol. The highest BCUT2D eigenvalue weighted by molar-refractivity contribution is 5.89. The van der Waals surface area contributed by atoms with E-state index >= 15 is 0 Å². The van der Waals surface area contributed by atoms with E-state index in [1.165, 1.54) is 13.2 Å². The van der Waals surface area contributed by atoms with Gasteiger partial charge in [-0.2, -0.15) is 0 Å². The molecule has 5 heteroatoms. The fraction of sp³-hybridized carbons (Fsp3) is 0.133. The number of para-hydroxylation sites is 1. The topological polar surface area (TPSA) is 50.4 Å². The number of hydrazine groups is 1. The Labute approximate surface area is 116 Å². The summed E-state index contributed by atoms with van der Waals surface area (Å²) in [5, 5.41) is 0. The zero-order chi connectivity index (χ0) is 14.4. The van der Waals surface area contributed by atoms with Gasteiger partial charge in [0.2, 0.25) is 0 Å². The summed E-state index contributed by atoms with van der Waals surface area (Å²) in [6.07, 6.45) is 0. The number of carbonyl (C=O) groups is 1. The molecule has 2 aromatic rings. The average Bonchev–Trinajstić information content (AvgIpc) is 2.49. The minimum atomic E-state index is -0.680. The molecule has 20 heavy (non-hydrogen) atoms. The summed E-state index contributed by atoms with van der Waals surface area (Å²) in [7, 11) is 1.23. The lowest BCUT2D eigenvalue weighted by Crippen LogP contribution is -2.22. The quantitative estimate of drug-likeness (QED) is 0.650. The van der Waals surface area contributed by atoms with E-state index in [-0.39, 0.29) is 12.1 Å². The van der Waals surface area contributed by atoms with E-state index in [2.05, 4.69) is 15.6 Å². The van der Waals surface area contributed by atoms with Crippen molar-refractivity contribution in [1.82, 2.24) is 5.43 Å². The number of ether oxygens (including phenoxy) is 1. The van der Waals surface area contributed by atoms with E-state index in [1.807, 2.05) is 30.3 Å². The summed E-state index contributed by atoms with van der Waals surface area (Å²) in [5.74, 6) is -1.25. The van der Waals surface area contributed by atoms with Crippen molar-refractivity contribution in [3.63, 3.8) is 0 Å². The first-order chi connectivity index (χ1) is 9.72.